The second-order valence-electron chi connectivity index (χ2n) is 19.3. The summed E-state index contributed by atoms with van der Waals surface area (Å²) in [5, 5.41) is 19.6. The number of nitrogens with zero attached hydrogens (tertiary/aromatic N) is 7. The van der Waals surface area contributed by atoms with Crippen LogP contribution >= 0.6 is 11.3 Å². The van der Waals surface area contributed by atoms with Gasteiger partial charge in [0.1, 0.15) is 12.1 Å². The molecular formula is C48H67N9O7S. The molecule has 6 heterocycles. The SMILES string of the molecule is CCn1c(-c2cccnc2[C@H](C)OC)c2c3cc(ccc31)-c1csc(n1)C[C@H](NC(=O)[C@H](C(C)C)N(C)C(=O)N1CCC[C@H](N(C)C)C1)C(=O)N1CCC[C@@](O)(N1)C(=O)OCC(C)(C)C2. The lowest BCUT2D eigenvalue weighted by atomic mass is 9.84. The van der Waals surface area contributed by atoms with E-state index in [1.165, 1.54) is 21.2 Å². The molecule has 16 nitrogen and oxygen atoms in total. The number of hydrogen-bond acceptors (Lipinski definition) is 12. The number of urea groups is 1. The van der Waals surface area contributed by atoms with Gasteiger partial charge in [0.25, 0.3) is 5.91 Å². The maximum absolute atomic E-state index is 14.7. The van der Waals surface area contributed by atoms with Crippen molar-refractivity contribution >= 4 is 46.1 Å². The maximum atomic E-state index is 14.7. The lowest BCUT2D eigenvalue weighted by molar-refractivity contribution is -0.189. The predicted octanol–water partition coefficient (Wildman–Crippen LogP) is 5.62. The lowest BCUT2D eigenvalue weighted by Crippen LogP contribution is -2.67. The molecule has 0 saturated carbocycles. The number of hydrogen-bond donors (Lipinski definition) is 3. The van der Waals surface area contributed by atoms with Gasteiger partial charge in [-0.3, -0.25) is 19.6 Å². The van der Waals surface area contributed by atoms with Crippen LogP contribution in [-0.4, -0.2) is 142 Å². The van der Waals surface area contributed by atoms with Crippen molar-refractivity contribution in [1.82, 2.24) is 45.0 Å². The smallest absolute Gasteiger partial charge is 0.355 e. The van der Waals surface area contributed by atoms with Gasteiger partial charge in [0.2, 0.25) is 11.6 Å². The van der Waals surface area contributed by atoms with Crippen LogP contribution in [0, 0.1) is 11.3 Å². The standard InChI is InChI=1S/C48H67N9O7S/c1-11-56-38-18-17-31-23-34(38)35(42(56)33-16-12-20-49-40(33)30(4)63-10)25-47(5,6)28-64-45(60)48(62)19-14-22-57(52-48)44(59)36(24-39-50-37(31)27-65-39)51-43(58)41(29(2)3)54(9)46(61)55-21-13-15-32(26-55)53(7)8/h12,16-18,20,23,27,29-30,32,36,41,52,62H,11,13-15,19,21-22,24-26,28H2,1-10H3,(H,51,58)/t30-,32-,36-,41-,48-/m0/s1. The number of rotatable bonds is 9. The molecular weight excluding hydrogens is 847 g/mol. The summed E-state index contributed by atoms with van der Waals surface area (Å²) in [6.45, 7) is 13.9. The van der Waals surface area contributed by atoms with Crippen molar-refractivity contribution in [3.8, 4) is 22.5 Å². The predicted molar refractivity (Wildman–Crippen MR) is 251 cm³/mol. The highest BCUT2D eigenvalue weighted by Crippen LogP contribution is 2.42. The van der Waals surface area contributed by atoms with E-state index >= 15 is 0 Å². The van der Waals surface area contributed by atoms with Gasteiger partial charge in [-0.05, 0) is 89.4 Å². The summed E-state index contributed by atoms with van der Waals surface area (Å²) >= 11 is 1.38. The molecule has 1 aromatic carbocycles. The summed E-state index contributed by atoms with van der Waals surface area (Å²) in [6, 6.07) is 8.21. The molecule has 0 unspecified atom stereocenters. The number of likely N-dealkylation sites (N-methyl/N-ethyl adjacent to an activating group) is 2. The zero-order valence-corrected chi connectivity index (χ0v) is 40.5. The summed E-state index contributed by atoms with van der Waals surface area (Å²) in [6.07, 6.45) is 4.16. The number of likely N-dealkylation sites (tertiary alicyclic amines) is 1. The normalized spacial score (nSPS) is 22.7. The molecule has 3 aromatic heterocycles. The average molecular weight is 914 g/mol. The number of benzene rings is 1. The van der Waals surface area contributed by atoms with Gasteiger partial charge in [-0.2, -0.15) is 5.43 Å². The van der Waals surface area contributed by atoms with Crippen molar-refractivity contribution < 1.29 is 33.8 Å². The number of nitrogens with one attached hydrogen (secondary N) is 2. The van der Waals surface area contributed by atoms with Gasteiger partial charge < -0.3 is 39.2 Å². The first-order valence-corrected chi connectivity index (χ1v) is 23.8. The highest BCUT2D eigenvalue weighted by Gasteiger charge is 2.46. The molecule has 17 heteroatoms. The molecule has 6 bridgehead atoms. The Hall–Kier alpha value is -4.94. The quantitative estimate of drug-likeness (QED) is 0.178. The van der Waals surface area contributed by atoms with Crippen molar-refractivity contribution in [2.24, 2.45) is 11.3 Å². The Morgan fingerprint density at radius 3 is 2.60 bits per heavy atom. The minimum Gasteiger partial charge on any atom is -0.462 e. The van der Waals surface area contributed by atoms with E-state index in [0.717, 1.165) is 57.5 Å². The van der Waals surface area contributed by atoms with E-state index in [1.807, 2.05) is 60.2 Å². The number of cyclic esters (lactones) is 1. The third-order valence-electron chi connectivity index (χ3n) is 13.3. The number of pyridine rings is 1. The van der Waals surface area contributed by atoms with Gasteiger partial charge in [-0.25, -0.2) is 14.6 Å². The van der Waals surface area contributed by atoms with Gasteiger partial charge in [0.15, 0.2) is 0 Å². The van der Waals surface area contributed by atoms with Gasteiger partial charge in [0.05, 0.1) is 34.8 Å². The fraction of sp³-hybridized carbons (Fsp3) is 0.583. The number of ether oxygens (including phenoxy) is 2. The topological polar surface area (TPSA) is 175 Å². The van der Waals surface area contributed by atoms with E-state index in [1.54, 1.807) is 25.3 Å². The van der Waals surface area contributed by atoms with Crippen LogP contribution < -0.4 is 10.7 Å². The average Bonchev–Trinajstić information content (AvgIpc) is 3.88. The number of esters is 1. The molecule has 0 aliphatic carbocycles. The number of methoxy groups -OCH3 is 1. The molecule has 0 spiro atoms. The molecule has 3 aliphatic heterocycles. The van der Waals surface area contributed by atoms with Crippen LogP contribution in [0.3, 0.4) is 0 Å². The molecule has 3 aliphatic rings. The monoisotopic (exact) mass is 913 g/mol. The van der Waals surface area contributed by atoms with Crippen LogP contribution in [0.5, 0.6) is 0 Å². The number of aliphatic hydroxyl groups is 1. The van der Waals surface area contributed by atoms with Crippen LogP contribution in [0.2, 0.25) is 0 Å². The van der Waals surface area contributed by atoms with Gasteiger partial charge in [-0.1, -0.05) is 33.8 Å². The first-order chi connectivity index (χ1) is 30.9. The third-order valence-corrected chi connectivity index (χ3v) is 14.1. The number of hydrazine groups is 1. The minimum atomic E-state index is -2.20. The summed E-state index contributed by atoms with van der Waals surface area (Å²) in [5.41, 5.74) is 6.40. The Kier molecular flexibility index (Phi) is 14.4. The van der Waals surface area contributed by atoms with Gasteiger partial charge >= 0.3 is 12.0 Å². The summed E-state index contributed by atoms with van der Waals surface area (Å²) in [7, 11) is 7.32. The van der Waals surface area contributed by atoms with Crippen molar-refractivity contribution in [3.63, 3.8) is 0 Å². The highest BCUT2D eigenvalue weighted by molar-refractivity contribution is 7.10. The Bertz CT molecular complexity index is 2400. The van der Waals surface area contributed by atoms with Crippen molar-refractivity contribution in [2.45, 2.75) is 117 Å². The number of thiazole rings is 1. The maximum Gasteiger partial charge on any atom is 0.355 e. The zero-order chi connectivity index (χ0) is 47.0. The van der Waals surface area contributed by atoms with Crippen LogP contribution in [0.4, 0.5) is 4.79 Å². The van der Waals surface area contributed by atoms with E-state index in [-0.39, 0.29) is 50.1 Å². The van der Waals surface area contributed by atoms with Crippen molar-refractivity contribution in [1.29, 1.82) is 0 Å². The Morgan fingerprint density at radius 2 is 1.89 bits per heavy atom. The van der Waals surface area contributed by atoms with Crippen LogP contribution in [-0.2, 0) is 43.2 Å². The molecule has 2 fully saturated rings. The Balaban J connectivity index is 1.29. The Labute approximate surface area is 386 Å². The molecule has 4 aromatic rings. The largest absolute Gasteiger partial charge is 0.462 e. The second-order valence-corrected chi connectivity index (χ2v) is 20.2. The first kappa shape index (κ1) is 48.0. The zero-order valence-electron chi connectivity index (χ0n) is 39.6. The lowest BCUT2D eigenvalue weighted by Gasteiger charge is -2.41. The van der Waals surface area contributed by atoms with Crippen LogP contribution in [0.25, 0.3) is 33.4 Å². The van der Waals surface area contributed by atoms with Gasteiger partial charge in [-0.15, -0.1) is 11.3 Å². The summed E-state index contributed by atoms with van der Waals surface area (Å²) < 4.78 is 14.1. The fourth-order valence-electron chi connectivity index (χ4n) is 9.68. The number of piperidine rings is 1. The minimum absolute atomic E-state index is 0.00873. The van der Waals surface area contributed by atoms with Crippen molar-refractivity contribution in [3.05, 3.63) is 58.2 Å². The number of aromatic nitrogens is 3. The molecule has 3 N–H and O–H groups in total. The number of aryl methyl sites for hydroxylation is 1. The first-order valence-electron chi connectivity index (χ1n) is 22.9. The summed E-state index contributed by atoms with van der Waals surface area (Å²) in [4.78, 5) is 72.4. The number of fused-ring (bicyclic) bond motifs is 6. The molecule has 0 radical (unpaired) electrons. The van der Waals surface area contributed by atoms with Crippen LogP contribution in [0.1, 0.15) is 89.6 Å². The second kappa shape index (κ2) is 19.5. The van der Waals surface area contributed by atoms with Crippen LogP contribution in [0.15, 0.2) is 41.9 Å². The molecule has 2 saturated heterocycles. The number of amides is 4. The highest BCUT2D eigenvalue weighted by atomic mass is 32.1. The molecule has 7 rings (SSSR count). The number of carbonyl (C=O) groups excluding carboxylic acids is 4. The van der Waals surface area contributed by atoms with Crippen molar-refractivity contribution in [2.75, 3.05) is 54.5 Å². The fourth-order valence-corrected chi connectivity index (χ4v) is 10.5. The molecule has 4 amide bonds. The van der Waals surface area contributed by atoms with E-state index in [9.17, 15) is 24.3 Å². The van der Waals surface area contributed by atoms with E-state index in [4.69, 9.17) is 19.4 Å². The van der Waals surface area contributed by atoms with E-state index in [2.05, 4.69) is 51.4 Å². The van der Waals surface area contributed by atoms with E-state index < -0.39 is 41.0 Å². The molecule has 65 heavy (non-hydrogen) atoms. The molecule has 5 atom stereocenters. The number of carbonyl (C=O) groups is 4. The Morgan fingerprint density at radius 1 is 1.12 bits per heavy atom. The summed E-state index contributed by atoms with van der Waals surface area (Å²) in [5.74, 6) is -2.24. The van der Waals surface area contributed by atoms with Gasteiger partial charge in [0, 0.05) is 98.2 Å². The molecule has 352 valence electrons. The third kappa shape index (κ3) is 9.94. The van der Waals surface area contributed by atoms with E-state index in [0.29, 0.717) is 37.5 Å².